The number of rotatable bonds is 2. The summed E-state index contributed by atoms with van der Waals surface area (Å²) >= 11 is 0. The number of nitrogens with one attached hydrogen (secondary N) is 2. The van der Waals surface area contributed by atoms with Gasteiger partial charge in [-0.05, 0) is 41.8 Å². The second kappa shape index (κ2) is 7.04. The average Bonchev–Trinajstić information content (AvgIpc) is 2.61. The molecule has 0 saturated carbocycles. The van der Waals surface area contributed by atoms with Gasteiger partial charge >= 0.3 is 12.1 Å². The fraction of sp³-hybridized carbons (Fsp3) is 0.222. The van der Waals surface area contributed by atoms with Crippen LogP contribution >= 0.6 is 0 Å². The number of ether oxygens (including phenoxy) is 1. The molecule has 1 aliphatic heterocycles. The molecule has 1 aliphatic rings. The second-order valence-electron chi connectivity index (χ2n) is 5.57. The molecule has 124 valence electrons. The molecule has 0 atom stereocenters. The van der Waals surface area contributed by atoms with E-state index in [0.717, 1.165) is 17.7 Å². The van der Waals surface area contributed by atoms with E-state index in [-0.39, 0.29) is 12.1 Å². The number of hydrogen-bond donors (Lipinski definition) is 2. The zero-order valence-electron chi connectivity index (χ0n) is 13.4. The van der Waals surface area contributed by atoms with E-state index in [0.29, 0.717) is 18.8 Å². The molecule has 2 aromatic rings. The van der Waals surface area contributed by atoms with Crippen LogP contribution in [0.4, 0.5) is 21.0 Å². The summed E-state index contributed by atoms with van der Waals surface area (Å²) < 4.78 is 4.77. The van der Waals surface area contributed by atoms with Crippen LogP contribution in [0.2, 0.25) is 0 Å². The van der Waals surface area contributed by atoms with Gasteiger partial charge in [-0.3, -0.25) is 0 Å². The molecule has 1 heterocycles. The highest BCUT2D eigenvalue weighted by atomic mass is 16.5. The van der Waals surface area contributed by atoms with Crippen molar-refractivity contribution >= 4 is 23.5 Å². The third-order valence-electron chi connectivity index (χ3n) is 3.94. The lowest BCUT2D eigenvalue weighted by Gasteiger charge is -2.28. The molecule has 24 heavy (non-hydrogen) atoms. The maximum Gasteiger partial charge on any atom is 0.409 e. The Morgan fingerprint density at radius 2 is 1.75 bits per heavy atom. The third kappa shape index (κ3) is 3.65. The molecule has 0 saturated heterocycles. The van der Waals surface area contributed by atoms with Crippen LogP contribution < -0.4 is 10.6 Å². The molecule has 0 aromatic heterocycles. The number of methoxy groups -OCH3 is 1. The van der Waals surface area contributed by atoms with E-state index >= 15 is 0 Å². The Hall–Kier alpha value is -3.02. The molecule has 0 fully saturated rings. The first-order chi connectivity index (χ1) is 11.7. The number of fused-ring (bicyclic) bond motifs is 1. The summed E-state index contributed by atoms with van der Waals surface area (Å²) in [6.45, 7) is 1.12. The smallest absolute Gasteiger partial charge is 0.409 e. The fourth-order valence-electron chi connectivity index (χ4n) is 2.73. The summed E-state index contributed by atoms with van der Waals surface area (Å²) in [6, 6.07) is 14.7. The average molecular weight is 325 g/mol. The molecule has 0 spiro atoms. The van der Waals surface area contributed by atoms with Gasteiger partial charge in [-0.25, -0.2) is 9.59 Å². The number of para-hydroxylation sites is 1. The van der Waals surface area contributed by atoms with E-state index in [1.807, 2.05) is 48.5 Å². The van der Waals surface area contributed by atoms with Gasteiger partial charge in [0.1, 0.15) is 0 Å². The minimum absolute atomic E-state index is 0.304. The minimum Gasteiger partial charge on any atom is -0.453 e. The lowest BCUT2D eigenvalue weighted by molar-refractivity contribution is 0.118. The SMILES string of the molecule is COC(=O)N1CCc2ccc(NC(=O)Nc3ccccc3)cc2C1. The van der Waals surface area contributed by atoms with Crippen LogP contribution in [-0.4, -0.2) is 30.7 Å². The number of carbonyl (C=O) groups excluding carboxylic acids is 2. The summed E-state index contributed by atoms with van der Waals surface area (Å²) in [5.74, 6) is 0. The molecule has 3 amide bonds. The van der Waals surface area contributed by atoms with Crippen molar-refractivity contribution in [3.63, 3.8) is 0 Å². The quantitative estimate of drug-likeness (QED) is 0.888. The number of carbonyl (C=O) groups is 2. The Morgan fingerprint density at radius 3 is 2.50 bits per heavy atom. The molecule has 0 radical (unpaired) electrons. The van der Waals surface area contributed by atoms with Crippen molar-refractivity contribution < 1.29 is 14.3 Å². The van der Waals surface area contributed by atoms with Crippen LogP contribution in [0.1, 0.15) is 11.1 Å². The largest absolute Gasteiger partial charge is 0.453 e. The highest BCUT2D eigenvalue weighted by Crippen LogP contribution is 2.23. The summed E-state index contributed by atoms with van der Waals surface area (Å²) in [7, 11) is 1.38. The number of nitrogens with zero attached hydrogens (tertiary/aromatic N) is 1. The first-order valence-corrected chi connectivity index (χ1v) is 7.73. The molecule has 6 heteroatoms. The Balaban J connectivity index is 1.67. The van der Waals surface area contributed by atoms with Crippen molar-refractivity contribution in [2.75, 3.05) is 24.3 Å². The van der Waals surface area contributed by atoms with E-state index in [4.69, 9.17) is 4.74 Å². The molecule has 0 bridgehead atoms. The summed E-state index contributed by atoms with van der Waals surface area (Å²) in [4.78, 5) is 25.4. The van der Waals surface area contributed by atoms with Crippen LogP contribution in [-0.2, 0) is 17.7 Å². The van der Waals surface area contributed by atoms with Gasteiger partial charge in [0.05, 0.1) is 7.11 Å². The van der Waals surface area contributed by atoms with Crippen LogP contribution in [0, 0.1) is 0 Å². The number of anilines is 2. The minimum atomic E-state index is -0.333. The van der Waals surface area contributed by atoms with Gasteiger partial charge in [-0.15, -0.1) is 0 Å². The summed E-state index contributed by atoms with van der Waals surface area (Å²) in [5.41, 5.74) is 3.62. The molecule has 0 aliphatic carbocycles. The summed E-state index contributed by atoms with van der Waals surface area (Å²) in [5, 5.41) is 5.59. The van der Waals surface area contributed by atoms with Crippen molar-refractivity contribution in [1.82, 2.24) is 4.90 Å². The van der Waals surface area contributed by atoms with Gasteiger partial charge in [0, 0.05) is 24.5 Å². The molecule has 2 N–H and O–H groups in total. The number of amides is 3. The van der Waals surface area contributed by atoms with Crippen LogP contribution in [0.15, 0.2) is 48.5 Å². The van der Waals surface area contributed by atoms with Gasteiger partial charge < -0.3 is 20.3 Å². The van der Waals surface area contributed by atoms with Gasteiger partial charge in [0.15, 0.2) is 0 Å². The Labute approximate surface area is 140 Å². The van der Waals surface area contributed by atoms with Crippen molar-refractivity contribution in [1.29, 1.82) is 0 Å². The van der Waals surface area contributed by atoms with E-state index < -0.39 is 0 Å². The zero-order chi connectivity index (χ0) is 16.9. The first kappa shape index (κ1) is 15.9. The van der Waals surface area contributed by atoms with E-state index in [9.17, 15) is 9.59 Å². The van der Waals surface area contributed by atoms with Crippen molar-refractivity contribution in [3.8, 4) is 0 Å². The molecule has 6 nitrogen and oxygen atoms in total. The maximum absolute atomic E-state index is 12.1. The molecular formula is C18H19N3O3. The lowest BCUT2D eigenvalue weighted by Crippen LogP contribution is -2.35. The van der Waals surface area contributed by atoms with Crippen molar-refractivity contribution in [3.05, 3.63) is 59.7 Å². The van der Waals surface area contributed by atoms with E-state index in [1.54, 1.807) is 4.90 Å². The highest BCUT2D eigenvalue weighted by molar-refractivity contribution is 5.99. The van der Waals surface area contributed by atoms with Crippen molar-refractivity contribution in [2.45, 2.75) is 13.0 Å². The van der Waals surface area contributed by atoms with E-state index in [1.165, 1.54) is 12.7 Å². The molecule has 3 rings (SSSR count). The molecule has 0 unspecified atom stereocenters. The van der Waals surface area contributed by atoms with Gasteiger partial charge in [-0.1, -0.05) is 24.3 Å². The predicted octanol–water partition coefficient (Wildman–Crippen LogP) is 3.46. The monoisotopic (exact) mass is 325 g/mol. The number of urea groups is 1. The fourth-order valence-corrected chi connectivity index (χ4v) is 2.73. The third-order valence-corrected chi connectivity index (χ3v) is 3.94. The van der Waals surface area contributed by atoms with Gasteiger partial charge in [0.2, 0.25) is 0 Å². The zero-order valence-corrected chi connectivity index (χ0v) is 13.4. The Morgan fingerprint density at radius 1 is 1.00 bits per heavy atom. The topological polar surface area (TPSA) is 70.7 Å². The standard InChI is InChI=1S/C18H19N3O3/c1-24-18(23)21-10-9-13-7-8-16(11-14(13)12-21)20-17(22)19-15-5-3-2-4-6-15/h2-8,11H,9-10,12H2,1H3,(H2,19,20,22). The normalized spacial score (nSPS) is 13.0. The second-order valence-corrected chi connectivity index (χ2v) is 5.57. The number of hydrogen-bond acceptors (Lipinski definition) is 3. The molecule has 2 aromatic carbocycles. The predicted molar refractivity (Wildman–Crippen MR) is 92.0 cm³/mol. The number of benzene rings is 2. The van der Waals surface area contributed by atoms with Gasteiger partial charge in [0.25, 0.3) is 0 Å². The summed E-state index contributed by atoms with van der Waals surface area (Å²) in [6.07, 6.45) is 0.446. The van der Waals surface area contributed by atoms with Gasteiger partial charge in [-0.2, -0.15) is 0 Å². The van der Waals surface area contributed by atoms with Crippen LogP contribution in [0.3, 0.4) is 0 Å². The highest BCUT2D eigenvalue weighted by Gasteiger charge is 2.21. The first-order valence-electron chi connectivity index (χ1n) is 7.73. The maximum atomic E-state index is 12.1. The van der Waals surface area contributed by atoms with Crippen molar-refractivity contribution in [2.24, 2.45) is 0 Å². The van der Waals surface area contributed by atoms with Crippen LogP contribution in [0.5, 0.6) is 0 Å². The Bertz CT molecular complexity index is 746. The van der Waals surface area contributed by atoms with E-state index in [2.05, 4.69) is 10.6 Å². The molecular weight excluding hydrogens is 306 g/mol. The lowest BCUT2D eigenvalue weighted by atomic mass is 9.99. The van der Waals surface area contributed by atoms with Crippen LogP contribution in [0.25, 0.3) is 0 Å². The Kier molecular flexibility index (Phi) is 4.65.